The summed E-state index contributed by atoms with van der Waals surface area (Å²) in [5, 5.41) is 0. The molecule has 0 spiro atoms. The van der Waals surface area contributed by atoms with E-state index in [1.54, 1.807) is 0 Å². The molecule has 0 radical (unpaired) electrons. The molecule has 0 heterocycles. The van der Waals surface area contributed by atoms with Gasteiger partial charge < -0.3 is 9.64 Å². The highest BCUT2D eigenvalue weighted by Gasteiger charge is 2.07. The zero-order chi connectivity index (χ0) is 16.6. The summed E-state index contributed by atoms with van der Waals surface area (Å²) in [4.78, 5) is 2.32. The number of benzene rings is 3. The number of hydrogen-bond acceptors (Lipinski definition) is 2. The fourth-order valence-corrected chi connectivity index (χ4v) is 2.82. The van der Waals surface area contributed by atoms with Gasteiger partial charge in [-0.1, -0.05) is 66.7 Å². The molecule has 0 aliphatic carbocycles. The molecule has 0 saturated carbocycles. The molecule has 2 nitrogen and oxygen atoms in total. The van der Waals surface area contributed by atoms with E-state index in [1.165, 1.54) is 11.3 Å². The Morgan fingerprint density at radius 1 is 0.750 bits per heavy atom. The van der Waals surface area contributed by atoms with Crippen molar-refractivity contribution in [1.29, 1.82) is 0 Å². The molecule has 3 aromatic carbocycles. The van der Waals surface area contributed by atoms with Crippen molar-refractivity contribution in [2.75, 3.05) is 24.6 Å². The van der Waals surface area contributed by atoms with Gasteiger partial charge in [0.1, 0.15) is 12.4 Å². The topological polar surface area (TPSA) is 12.5 Å². The van der Waals surface area contributed by atoms with Crippen molar-refractivity contribution >= 4 is 5.69 Å². The van der Waals surface area contributed by atoms with Gasteiger partial charge in [-0.05, 0) is 30.7 Å². The van der Waals surface area contributed by atoms with Crippen LogP contribution >= 0.6 is 0 Å². The fourth-order valence-electron chi connectivity index (χ4n) is 2.82. The minimum atomic E-state index is 0.659. The van der Waals surface area contributed by atoms with Crippen molar-refractivity contribution in [2.45, 2.75) is 6.92 Å². The van der Waals surface area contributed by atoms with Crippen LogP contribution in [0.15, 0.2) is 84.9 Å². The van der Waals surface area contributed by atoms with Crippen LogP contribution in [0.5, 0.6) is 5.75 Å². The average Bonchev–Trinajstić information content (AvgIpc) is 2.67. The lowest BCUT2D eigenvalue weighted by Crippen LogP contribution is -2.28. The van der Waals surface area contributed by atoms with Crippen molar-refractivity contribution in [2.24, 2.45) is 0 Å². The summed E-state index contributed by atoms with van der Waals surface area (Å²) in [6.45, 7) is 4.66. The van der Waals surface area contributed by atoms with Gasteiger partial charge in [-0.2, -0.15) is 0 Å². The van der Waals surface area contributed by atoms with E-state index in [0.29, 0.717) is 6.61 Å². The first-order valence-electron chi connectivity index (χ1n) is 8.45. The summed E-state index contributed by atoms with van der Waals surface area (Å²) in [7, 11) is 0. The van der Waals surface area contributed by atoms with Crippen LogP contribution in [-0.2, 0) is 0 Å². The lowest BCUT2D eigenvalue weighted by molar-refractivity contribution is 0.325. The van der Waals surface area contributed by atoms with Crippen LogP contribution in [-0.4, -0.2) is 19.7 Å². The standard InChI is InChI=1S/C22H23NO/c1-2-23(20-13-7-4-8-14-20)17-18-24-22-16-10-9-15-21(22)19-11-5-3-6-12-19/h3-16H,2,17-18H2,1H3. The second kappa shape index (κ2) is 8.21. The first-order chi connectivity index (χ1) is 11.9. The molecule has 0 fully saturated rings. The van der Waals surface area contributed by atoms with E-state index in [2.05, 4.69) is 72.5 Å². The maximum Gasteiger partial charge on any atom is 0.127 e. The minimum absolute atomic E-state index is 0.659. The minimum Gasteiger partial charge on any atom is -0.491 e. The molecule has 24 heavy (non-hydrogen) atoms. The monoisotopic (exact) mass is 317 g/mol. The zero-order valence-corrected chi connectivity index (χ0v) is 14.1. The number of nitrogens with zero attached hydrogens (tertiary/aromatic N) is 1. The van der Waals surface area contributed by atoms with E-state index in [0.717, 1.165) is 24.4 Å². The fraction of sp³-hybridized carbons (Fsp3) is 0.182. The quantitative estimate of drug-likeness (QED) is 0.589. The maximum atomic E-state index is 6.10. The van der Waals surface area contributed by atoms with E-state index < -0.39 is 0 Å². The molecule has 3 aromatic rings. The Bertz CT molecular complexity index is 740. The third-order valence-corrected chi connectivity index (χ3v) is 4.09. The van der Waals surface area contributed by atoms with Gasteiger partial charge in [0.05, 0.1) is 6.54 Å². The van der Waals surface area contributed by atoms with Gasteiger partial charge in [-0.3, -0.25) is 0 Å². The summed E-state index contributed by atoms with van der Waals surface area (Å²) in [5.74, 6) is 0.938. The molecule has 0 aliphatic rings. The van der Waals surface area contributed by atoms with Gasteiger partial charge >= 0.3 is 0 Å². The van der Waals surface area contributed by atoms with Crippen LogP contribution in [0.1, 0.15) is 6.92 Å². The van der Waals surface area contributed by atoms with Crippen molar-refractivity contribution in [3.8, 4) is 16.9 Å². The molecule has 0 aromatic heterocycles. The second-order valence-corrected chi connectivity index (χ2v) is 5.63. The molecule has 122 valence electrons. The largest absolute Gasteiger partial charge is 0.491 e. The van der Waals surface area contributed by atoms with Gasteiger partial charge in [-0.25, -0.2) is 0 Å². The van der Waals surface area contributed by atoms with Crippen molar-refractivity contribution in [1.82, 2.24) is 0 Å². The molecule has 0 unspecified atom stereocenters. The summed E-state index contributed by atoms with van der Waals surface area (Å²) in [6.07, 6.45) is 0. The van der Waals surface area contributed by atoms with Crippen LogP contribution in [0.2, 0.25) is 0 Å². The third-order valence-electron chi connectivity index (χ3n) is 4.09. The summed E-state index contributed by atoms with van der Waals surface area (Å²) in [6, 6.07) is 29.1. The van der Waals surface area contributed by atoms with Gasteiger partial charge in [0.2, 0.25) is 0 Å². The van der Waals surface area contributed by atoms with Gasteiger partial charge in [0, 0.05) is 17.8 Å². The highest BCUT2D eigenvalue weighted by Crippen LogP contribution is 2.29. The van der Waals surface area contributed by atoms with E-state index in [9.17, 15) is 0 Å². The third kappa shape index (κ3) is 3.96. The van der Waals surface area contributed by atoms with E-state index in [-0.39, 0.29) is 0 Å². The Morgan fingerprint density at radius 2 is 1.38 bits per heavy atom. The number of likely N-dealkylation sites (N-methyl/N-ethyl adjacent to an activating group) is 1. The van der Waals surface area contributed by atoms with Crippen molar-refractivity contribution in [3.63, 3.8) is 0 Å². The number of hydrogen-bond donors (Lipinski definition) is 0. The Balaban J connectivity index is 1.67. The van der Waals surface area contributed by atoms with Gasteiger partial charge in [0.25, 0.3) is 0 Å². The number of rotatable bonds is 7. The lowest BCUT2D eigenvalue weighted by atomic mass is 10.1. The number of anilines is 1. The van der Waals surface area contributed by atoms with E-state index in [1.807, 2.05) is 24.3 Å². The number of para-hydroxylation sites is 2. The van der Waals surface area contributed by atoms with E-state index in [4.69, 9.17) is 4.74 Å². The van der Waals surface area contributed by atoms with Gasteiger partial charge in [-0.15, -0.1) is 0 Å². The van der Waals surface area contributed by atoms with E-state index >= 15 is 0 Å². The predicted molar refractivity (Wildman–Crippen MR) is 102 cm³/mol. The summed E-state index contributed by atoms with van der Waals surface area (Å²) in [5.41, 5.74) is 3.56. The molecule has 0 atom stereocenters. The Hall–Kier alpha value is -2.74. The highest BCUT2D eigenvalue weighted by atomic mass is 16.5. The number of ether oxygens (including phenoxy) is 1. The SMILES string of the molecule is CCN(CCOc1ccccc1-c1ccccc1)c1ccccc1. The molecule has 0 aliphatic heterocycles. The summed E-state index contributed by atoms with van der Waals surface area (Å²) < 4.78 is 6.10. The molecule has 0 N–H and O–H groups in total. The molecule has 2 heteroatoms. The molecule has 3 rings (SSSR count). The first kappa shape index (κ1) is 16.1. The average molecular weight is 317 g/mol. The molecular formula is C22H23NO. The second-order valence-electron chi connectivity index (χ2n) is 5.63. The zero-order valence-electron chi connectivity index (χ0n) is 14.1. The Labute approximate surface area is 144 Å². The predicted octanol–water partition coefficient (Wildman–Crippen LogP) is 5.26. The Kier molecular flexibility index (Phi) is 5.52. The lowest BCUT2D eigenvalue weighted by Gasteiger charge is -2.23. The van der Waals surface area contributed by atoms with Crippen LogP contribution in [0.25, 0.3) is 11.1 Å². The van der Waals surface area contributed by atoms with Crippen molar-refractivity contribution < 1.29 is 4.74 Å². The molecule has 0 bridgehead atoms. The Morgan fingerprint density at radius 3 is 2.08 bits per heavy atom. The van der Waals surface area contributed by atoms with Crippen LogP contribution in [0, 0.1) is 0 Å². The normalized spacial score (nSPS) is 10.4. The highest BCUT2D eigenvalue weighted by molar-refractivity contribution is 5.70. The molecule has 0 amide bonds. The van der Waals surface area contributed by atoms with Crippen LogP contribution in [0.4, 0.5) is 5.69 Å². The van der Waals surface area contributed by atoms with Gasteiger partial charge in [0.15, 0.2) is 0 Å². The smallest absolute Gasteiger partial charge is 0.127 e. The summed E-state index contributed by atoms with van der Waals surface area (Å²) >= 11 is 0. The van der Waals surface area contributed by atoms with Crippen LogP contribution in [0.3, 0.4) is 0 Å². The van der Waals surface area contributed by atoms with Crippen molar-refractivity contribution in [3.05, 3.63) is 84.9 Å². The van der Waals surface area contributed by atoms with Crippen LogP contribution < -0.4 is 9.64 Å². The maximum absolute atomic E-state index is 6.10. The first-order valence-corrected chi connectivity index (χ1v) is 8.45. The molecular weight excluding hydrogens is 294 g/mol. The molecule has 0 saturated heterocycles.